The molecule has 2 atom stereocenters. The van der Waals surface area contributed by atoms with Gasteiger partial charge in [-0.15, -0.1) is 11.3 Å². The number of fused-ring (bicyclic) bond motifs is 1. The number of aldehydes is 1. The number of rotatable bonds is 9. The molecule has 0 saturated carbocycles. The number of hydrogen-bond donors (Lipinski definition) is 1. The van der Waals surface area contributed by atoms with E-state index in [1.807, 2.05) is 25.3 Å². The van der Waals surface area contributed by atoms with Crippen LogP contribution in [-0.2, 0) is 24.6 Å². The minimum Gasteiger partial charge on any atom is -0.378 e. The van der Waals surface area contributed by atoms with Gasteiger partial charge in [-0.1, -0.05) is 0 Å². The van der Waals surface area contributed by atoms with Crippen molar-refractivity contribution in [1.29, 1.82) is 0 Å². The molecule has 260 valence electrons. The first-order chi connectivity index (χ1) is 24.2. The fraction of sp³-hybridized carbons (Fsp3) is 0.405. The number of piperazine rings is 1. The molecule has 1 aliphatic carbocycles. The first-order valence-corrected chi connectivity index (χ1v) is 17.9. The average molecular weight is 695 g/mol. The molecule has 12 nitrogen and oxygen atoms in total. The van der Waals surface area contributed by atoms with Crippen molar-refractivity contribution in [3.05, 3.63) is 79.7 Å². The van der Waals surface area contributed by atoms with Crippen LogP contribution in [0.3, 0.4) is 0 Å². The van der Waals surface area contributed by atoms with Gasteiger partial charge in [0.2, 0.25) is 0 Å². The van der Waals surface area contributed by atoms with Gasteiger partial charge in [0.25, 0.3) is 11.5 Å². The lowest BCUT2D eigenvalue weighted by atomic mass is 9.95. The zero-order valence-corrected chi connectivity index (χ0v) is 29.7. The molecule has 1 amide bonds. The van der Waals surface area contributed by atoms with E-state index < -0.39 is 0 Å². The van der Waals surface area contributed by atoms with Gasteiger partial charge in [0.15, 0.2) is 12.1 Å². The highest BCUT2D eigenvalue weighted by atomic mass is 32.1. The fourth-order valence-electron chi connectivity index (χ4n) is 7.40. The van der Waals surface area contributed by atoms with Crippen LogP contribution in [0, 0.1) is 6.92 Å². The van der Waals surface area contributed by atoms with Gasteiger partial charge in [-0.05, 0) is 87.4 Å². The number of ether oxygens (including phenoxy) is 1. The van der Waals surface area contributed by atoms with Gasteiger partial charge < -0.3 is 19.5 Å². The molecule has 4 aromatic heterocycles. The van der Waals surface area contributed by atoms with Crippen LogP contribution in [-0.4, -0.2) is 82.8 Å². The summed E-state index contributed by atoms with van der Waals surface area (Å²) in [6, 6.07) is 8.47. The zero-order valence-electron chi connectivity index (χ0n) is 28.9. The minimum absolute atomic E-state index is 0.0780. The van der Waals surface area contributed by atoms with Crippen molar-refractivity contribution in [3.63, 3.8) is 0 Å². The number of hydrogen-bond acceptors (Lipinski definition) is 11. The van der Waals surface area contributed by atoms with E-state index in [-0.39, 0.29) is 28.5 Å². The van der Waals surface area contributed by atoms with E-state index in [4.69, 9.17) is 4.74 Å². The molecule has 2 saturated heterocycles. The number of aryl methyl sites for hydroxylation is 2. The number of carbonyl (C=O) groups is 2. The van der Waals surface area contributed by atoms with E-state index in [1.54, 1.807) is 25.4 Å². The van der Waals surface area contributed by atoms with Crippen LogP contribution in [0.5, 0.6) is 0 Å². The Kier molecular flexibility index (Phi) is 9.38. The van der Waals surface area contributed by atoms with Gasteiger partial charge in [-0.2, -0.15) is 10.1 Å². The zero-order chi connectivity index (χ0) is 35.1. The Morgan fingerprint density at radius 3 is 2.62 bits per heavy atom. The summed E-state index contributed by atoms with van der Waals surface area (Å²) in [4.78, 5) is 55.7. The van der Waals surface area contributed by atoms with Gasteiger partial charge in [-0.3, -0.25) is 19.3 Å². The van der Waals surface area contributed by atoms with Crippen LogP contribution in [0.2, 0.25) is 0 Å². The summed E-state index contributed by atoms with van der Waals surface area (Å²) < 4.78 is 6.88. The summed E-state index contributed by atoms with van der Waals surface area (Å²) in [5.41, 5.74) is 4.47. The third kappa shape index (κ3) is 6.14. The second-order valence-corrected chi connectivity index (χ2v) is 14.6. The number of nitrogens with one attached hydrogen (secondary N) is 1. The largest absolute Gasteiger partial charge is 0.378 e. The Balaban J connectivity index is 1.14. The highest BCUT2D eigenvalue weighted by Gasteiger charge is 2.36. The van der Waals surface area contributed by atoms with E-state index in [9.17, 15) is 14.4 Å². The molecular formula is C37H42N8O4S. The number of aromatic nitrogens is 3. The number of nitrogens with zero attached hydrogens (tertiary/aromatic N) is 7. The highest BCUT2D eigenvalue weighted by Crippen LogP contribution is 2.37. The topological polar surface area (TPSA) is 125 Å². The van der Waals surface area contributed by atoms with Crippen LogP contribution in [0.1, 0.15) is 62.7 Å². The Bertz CT molecular complexity index is 2000. The van der Waals surface area contributed by atoms with Crippen molar-refractivity contribution in [2.24, 2.45) is 12.1 Å². The predicted octanol–water partition coefficient (Wildman–Crippen LogP) is 5.21. The van der Waals surface area contributed by atoms with Crippen LogP contribution in [0.15, 0.2) is 52.8 Å². The molecule has 13 heteroatoms. The molecule has 3 aliphatic rings. The second kappa shape index (κ2) is 13.9. The second-order valence-electron chi connectivity index (χ2n) is 13.5. The van der Waals surface area contributed by atoms with E-state index in [1.165, 1.54) is 32.5 Å². The number of thiophene rings is 1. The summed E-state index contributed by atoms with van der Waals surface area (Å²) in [6.07, 6.45) is 9.79. The predicted molar refractivity (Wildman–Crippen MR) is 197 cm³/mol. The molecule has 1 N–H and O–H groups in total. The molecule has 2 fully saturated rings. The lowest BCUT2D eigenvalue weighted by molar-refractivity contribution is -0.0828. The molecule has 0 aromatic carbocycles. The number of pyridine rings is 3. The van der Waals surface area contributed by atoms with Gasteiger partial charge in [0.05, 0.1) is 41.6 Å². The molecular weight excluding hydrogens is 653 g/mol. The Morgan fingerprint density at radius 1 is 1.14 bits per heavy atom. The van der Waals surface area contributed by atoms with E-state index in [0.717, 1.165) is 68.2 Å². The lowest BCUT2D eigenvalue weighted by Gasteiger charge is -2.50. The Morgan fingerprint density at radius 2 is 1.94 bits per heavy atom. The minimum atomic E-state index is -0.374. The molecule has 7 rings (SSSR count). The van der Waals surface area contributed by atoms with Gasteiger partial charge >= 0.3 is 0 Å². The van der Waals surface area contributed by atoms with Crippen LogP contribution < -0.4 is 20.8 Å². The van der Waals surface area contributed by atoms with E-state index >= 15 is 0 Å². The third-order valence-electron chi connectivity index (χ3n) is 10.2. The maximum atomic E-state index is 13.9. The summed E-state index contributed by atoms with van der Waals surface area (Å²) >= 11 is 1.49. The summed E-state index contributed by atoms with van der Waals surface area (Å²) in [6.45, 7) is 13.6. The fourth-order valence-corrected chi connectivity index (χ4v) is 8.72. The van der Waals surface area contributed by atoms with E-state index in [2.05, 4.69) is 50.8 Å². The number of anilines is 4. The standard InChI is InChI=1S/C37H42N8O4S/c1-22-17-44(27-20-49-21-27)23(2)16-43(22)26-10-11-33(40-15-26)41-31-14-25(18-42(5)36(31)47)29-12-13-39-35(30(29)19-46)45(38-4)37(48)34-24(3)28-8-6-7-9-32(28)50-34/h10-15,18-19,22-23,27H,4,6-9,16-17,20-21H2,1-3,5H3,(H,40,41)/t22-,23+/m0/s1. The molecule has 0 unspecified atom stereocenters. The van der Waals surface area contributed by atoms with E-state index in [0.29, 0.717) is 46.2 Å². The van der Waals surface area contributed by atoms with Gasteiger partial charge in [0, 0.05) is 61.8 Å². The lowest BCUT2D eigenvalue weighted by Crippen LogP contribution is -2.63. The van der Waals surface area contributed by atoms with Crippen LogP contribution in [0.4, 0.5) is 23.0 Å². The first-order valence-electron chi connectivity index (χ1n) is 17.1. The molecule has 6 heterocycles. The molecule has 2 aliphatic heterocycles. The van der Waals surface area contributed by atoms with Crippen molar-refractivity contribution in [2.75, 3.05) is 41.5 Å². The highest BCUT2D eigenvalue weighted by molar-refractivity contribution is 7.14. The molecule has 0 spiro atoms. The van der Waals surface area contributed by atoms with Crippen LogP contribution >= 0.6 is 11.3 Å². The molecule has 0 radical (unpaired) electrons. The van der Waals surface area contributed by atoms with Gasteiger partial charge in [0.1, 0.15) is 11.5 Å². The summed E-state index contributed by atoms with van der Waals surface area (Å²) in [7, 11) is 1.65. The van der Waals surface area contributed by atoms with Crippen molar-refractivity contribution in [3.8, 4) is 11.1 Å². The molecule has 0 bridgehead atoms. The van der Waals surface area contributed by atoms with Crippen molar-refractivity contribution in [2.45, 2.75) is 64.6 Å². The Labute approximate surface area is 295 Å². The Hall–Kier alpha value is -4.72. The summed E-state index contributed by atoms with van der Waals surface area (Å²) in [5.74, 6) is 0.219. The monoisotopic (exact) mass is 694 g/mol. The van der Waals surface area contributed by atoms with Crippen molar-refractivity contribution >= 4 is 53.3 Å². The molecule has 50 heavy (non-hydrogen) atoms. The third-order valence-corrected chi connectivity index (χ3v) is 11.6. The number of hydrazone groups is 1. The first kappa shape index (κ1) is 33.8. The molecule has 4 aromatic rings. The smallest absolute Gasteiger partial charge is 0.290 e. The maximum Gasteiger partial charge on any atom is 0.290 e. The number of carbonyl (C=O) groups excluding carboxylic acids is 2. The van der Waals surface area contributed by atoms with Gasteiger partial charge in [-0.25, -0.2) is 9.97 Å². The maximum absolute atomic E-state index is 13.9. The van der Waals surface area contributed by atoms with Crippen molar-refractivity contribution < 1.29 is 14.3 Å². The van der Waals surface area contributed by atoms with Crippen LogP contribution in [0.25, 0.3) is 11.1 Å². The number of amides is 1. The average Bonchev–Trinajstić information content (AvgIpc) is 3.44. The van der Waals surface area contributed by atoms with Crippen molar-refractivity contribution in [1.82, 2.24) is 19.4 Å². The quantitative estimate of drug-likeness (QED) is 0.143. The normalized spacial score (nSPS) is 19.4. The summed E-state index contributed by atoms with van der Waals surface area (Å²) in [5, 5.41) is 8.32. The SMILES string of the molecule is C=NN(C(=O)c1sc2c(c1C)CCCC2)c1nccc(-c2cc(Nc3ccc(N4C[C@@H](C)N(C5COC5)C[C@@H]4C)cn3)c(=O)n(C)c2)c1C=O.